The van der Waals surface area contributed by atoms with Gasteiger partial charge in [0, 0.05) is 13.1 Å². The Morgan fingerprint density at radius 1 is 1.33 bits per heavy atom. The van der Waals surface area contributed by atoms with Crippen molar-refractivity contribution in [2.45, 2.75) is 13.0 Å². The molecule has 1 heterocycles. The highest BCUT2D eigenvalue weighted by Gasteiger charge is 2.13. The van der Waals surface area contributed by atoms with Crippen LogP contribution in [0, 0.1) is 5.82 Å². The third-order valence-electron chi connectivity index (χ3n) is 2.16. The first-order chi connectivity index (χ1) is 5.75. The third kappa shape index (κ3) is 1.47. The van der Waals surface area contributed by atoms with Gasteiger partial charge in [0.25, 0.3) is 0 Å². The highest BCUT2D eigenvalue weighted by molar-refractivity contribution is 7.77. The monoisotopic (exact) mass is 183 g/mol. The SMILES string of the molecule is Fc1ccc2c(c1)CCN(S)C2. The molecule has 0 saturated carbocycles. The van der Waals surface area contributed by atoms with Crippen LogP contribution in [0.5, 0.6) is 0 Å². The van der Waals surface area contributed by atoms with Crippen molar-refractivity contribution in [3.05, 3.63) is 35.1 Å². The van der Waals surface area contributed by atoms with Crippen LogP contribution in [0.4, 0.5) is 4.39 Å². The second-order valence-corrected chi connectivity index (χ2v) is 3.62. The molecule has 0 bridgehead atoms. The summed E-state index contributed by atoms with van der Waals surface area (Å²) in [5.74, 6) is -0.138. The van der Waals surface area contributed by atoms with E-state index in [-0.39, 0.29) is 5.82 Å². The second kappa shape index (κ2) is 3.07. The number of hydrogen-bond donors (Lipinski definition) is 1. The maximum Gasteiger partial charge on any atom is 0.123 e. The van der Waals surface area contributed by atoms with Crippen LogP contribution in [0.3, 0.4) is 0 Å². The molecule has 64 valence electrons. The van der Waals surface area contributed by atoms with Gasteiger partial charge in [-0.1, -0.05) is 18.9 Å². The maximum atomic E-state index is 12.8. The molecular weight excluding hydrogens is 173 g/mol. The molecule has 1 aliphatic heterocycles. The Morgan fingerprint density at radius 2 is 2.17 bits per heavy atom. The van der Waals surface area contributed by atoms with E-state index in [1.165, 1.54) is 11.6 Å². The molecule has 0 aliphatic carbocycles. The summed E-state index contributed by atoms with van der Waals surface area (Å²) in [6, 6.07) is 4.97. The summed E-state index contributed by atoms with van der Waals surface area (Å²) in [5, 5.41) is 0. The molecule has 1 aromatic carbocycles. The quantitative estimate of drug-likeness (QED) is 0.602. The second-order valence-electron chi connectivity index (χ2n) is 3.05. The van der Waals surface area contributed by atoms with Crippen molar-refractivity contribution in [3.63, 3.8) is 0 Å². The largest absolute Gasteiger partial charge is 0.249 e. The Kier molecular flexibility index (Phi) is 2.07. The smallest absolute Gasteiger partial charge is 0.123 e. The number of thiol groups is 1. The van der Waals surface area contributed by atoms with Crippen LogP contribution in [0.2, 0.25) is 0 Å². The maximum absolute atomic E-state index is 12.8. The van der Waals surface area contributed by atoms with Crippen molar-refractivity contribution >= 4 is 12.8 Å². The van der Waals surface area contributed by atoms with Crippen LogP contribution in [-0.2, 0) is 13.0 Å². The minimum absolute atomic E-state index is 0.138. The molecule has 1 nitrogen and oxygen atoms in total. The van der Waals surface area contributed by atoms with Gasteiger partial charge in [-0.05, 0) is 29.7 Å². The molecule has 0 spiro atoms. The summed E-state index contributed by atoms with van der Waals surface area (Å²) in [6.07, 6.45) is 0.899. The van der Waals surface area contributed by atoms with Crippen LogP contribution in [0.15, 0.2) is 18.2 Å². The summed E-state index contributed by atoms with van der Waals surface area (Å²) in [7, 11) is 0. The van der Waals surface area contributed by atoms with Gasteiger partial charge in [-0.2, -0.15) is 0 Å². The van der Waals surface area contributed by atoms with Crippen LogP contribution >= 0.6 is 12.8 Å². The van der Waals surface area contributed by atoms with E-state index in [1.807, 2.05) is 10.4 Å². The zero-order valence-corrected chi connectivity index (χ0v) is 7.52. The van der Waals surface area contributed by atoms with Gasteiger partial charge in [0.15, 0.2) is 0 Å². The molecule has 1 aliphatic rings. The summed E-state index contributed by atoms with van der Waals surface area (Å²) >= 11 is 4.25. The van der Waals surface area contributed by atoms with Crippen molar-refractivity contribution in [2.24, 2.45) is 0 Å². The number of fused-ring (bicyclic) bond motifs is 1. The standard InChI is InChI=1S/C9H10FNS/c10-9-2-1-8-6-11(12)4-3-7(8)5-9/h1-2,5,12H,3-4,6H2. The first-order valence-corrected chi connectivity index (χ1v) is 4.37. The lowest BCUT2D eigenvalue weighted by Crippen LogP contribution is -2.22. The van der Waals surface area contributed by atoms with E-state index in [0.29, 0.717) is 0 Å². The van der Waals surface area contributed by atoms with E-state index in [4.69, 9.17) is 0 Å². The number of hydrogen-bond acceptors (Lipinski definition) is 2. The highest BCUT2D eigenvalue weighted by Crippen LogP contribution is 2.20. The summed E-state index contributed by atoms with van der Waals surface area (Å²) in [6.45, 7) is 1.72. The lowest BCUT2D eigenvalue weighted by atomic mass is 10.0. The van der Waals surface area contributed by atoms with Gasteiger partial charge in [0.05, 0.1) is 0 Å². The molecule has 0 saturated heterocycles. The van der Waals surface area contributed by atoms with Gasteiger partial charge >= 0.3 is 0 Å². The van der Waals surface area contributed by atoms with E-state index in [9.17, 15) is 4.39 Å². The van der Waals surface area contributed by atoms with Crippen LogP contribution < -0.4 is 0 Å². The average Bonchev–Trinajstić information content (AvgIpc) is 2.05. The van der Waals surface area contributed by atoms with Crippen molar-refractivity contribution < 1.29 is 4.39 Å². The minimum atomic E-state index is -0.138. The number of nitrogens with zero attached hydrogens (tertiary/aromatic N) is 1. The topological polar surface area (TPSA) is 3.24 Å². The number of halogens is 1. The minimum Gasteiger partial charge on any atom is -0.249 e. The molecule has 0 atom stereocenters. The molecular formula is C9H10FNS. The van der Waals surface area contributed by atoms with E-state index < -0.39 is 0 Å². The van der Waals surface area contributed by atoms with Gasteiger partial charge in [0.1, 0.15) is 5.82 Å². The summed E-state index contributed by atoms with van der Waals surface area (Å²) < 4.78 is 14.7. The van der Waals surface area contributed by atoms with Crippen LogP contribution in [-0.4, -0.2) is 10.8 Å². The van der Waals surface area contributed by atoms with Gasteiger partial charge < -0.3 is 0 Å². The van der Waals surface area contributed by atoms with Crippen molar-refractivity contribution in [1.82, 2.24) is 4.31 Å². The summed E-state index contributed by atoms with van der Waals surface area (Å²) in [5.41, 5.74) is 2.32. The van der Waals surface area contributed by atoms with E-state index in [0.717, 1.165) is 25.1 Å². The lowest BCUT2D eigenvalue weighted by molar-refractivity contribution is 0.448. The number of benzene rings is 1. The molecule has 0 unspecified atom stereocenters. The Hall–Kier alpha value is -0.540. The fraction of sp³-hybridized carbons (Fsp3) is 0.333. The molecule has 0 N–H and O–H groups in total. The molecule has 0 radical (unpaired) electrons. The Morgan fingerprint density at radius 3 is 3.00 bits per heavy atom. The Labute approximate surface area is 76.7 Å². The molecule has 3 heteroatoms. The van der Waals surface area contributed by atoms with Crippen molar-refractivity contribution in [2.75, 3.05) is 6.54 Å². The van der Waals surface area contributed by atoms with Crippen LogP contribution in [0.1, 0.15) is 11.1 Å². The molecule has 1 aromatic rings. The predicted octanol–water partition coefficient (Wildman–Crippen LogP) is 2.03. The average molecular weight is 183 g/mol. The number of rotatable bonds is 0. The van der Waals surface area contributed by atoms with Gasteiger partial charge in [-0.3, -0.25) is 0 Å². The van der Waals surface area contributed by atoms with E-state index >= 15 is 0 Å². The summed E-state index contributed by atoms with van der Waals surface area (Å²) in [4.78, 5) is 0. The third-order valence-corrected chi connectivity index (χ3v) is 2.50. The van der Waals surface area contributed by atoms with Gasteiger partial charge in [-0.15, -0.1) is 0 Å². The fourth-order valence-corrected chi connectivity index (χ4v) is 1.76. The highest BCUT2D eigenvalue weighted by atomic mass is 32.1. The molecule has 0 amide bonds. The lowest BCUT2D eigenvalue weighted by Gasteiger charge is -2.23. The normalized spacial score (nSPS) is 17.5. The van der Waals surface area contributed by atoms with Crippen molar-refractivity contribution in [3.8, 4) is 0 Å². The van der Waals surface area contributed by atoms with E-state index in [1.54, 1.807) is 6.07 Å². The predicted molar refractivity (Wildman–Crippen MR) is 49.5 cm³/mol. The zero-order chi connectivity index (χ0) is 8.55. The first kappa shape index (κ1) is 8.08. The Balaban J connectivity index is 2.37. The molecule has 12 heavy (non-hydrogen) atoms. The van der Waals surface area contributed by atoms with Gasteiger partial charge in [-0.25, -0.2) is 8.70 Å². The zero-order valence-electron chi connectivity index (χ0n) is 6.63. The molecule has 0 aromatic heterocycles. The Bertz CT molecular complexity index is 301. The van der Waals surface area contributed by atoms with Crippen LogP contribution in [0.25, 0.3) is 0 Å². The van der Waals surface area contributed by atoms with Crippen molar-refractivity contribution in [1.29, 1.82) is 0 Å². The molecule has 2 rings (SSSR count). The fourth-order valence-electron chi connectivity index (χ4n) is 1.51. The molecule has 0 fully saturated rings. The van der Waals surface area contributed by atoms with E-state index in [2.05, 4.69) is 12.8 Å². The van der Waals surface area contributed by atoms with Gasteiger partial charge in [0.2, 0.25) is 0 Å². The first-order valence-electron chi connectivity index (χ1n) is 3.97.